The van der Waals surface area contributed by atoms with Crippen molar-refractivity contribution in [3.05, 3.63) is 12.1 Å². The maximum absolute atomic E-state index is 11.9. The first kappa shape index (κ1) is 15.7. The van der Waals surface area contributed by atoms with E-state index in [1.807, 2.05) is 0 Å². The third-order valence-electron chi connectivity index (χ3n) is 1.22. The van der Waals surface area contributed by atoms with E-state index in [2.05, 4.69) is 6.58 Å². The first-order chi connectivity index (χ1) is 4.63. The van der Waals surface area contributed by atoms with Gasteiger partial charge in [0.1, 0.15) is 0 Å². The van der Waals surface area contributed by atoms with Crippen molar-refractivity contribution in [3.8, 4) is 0 Å². The summed E-state index contributed by atoms with van der Waals surface area (Å²) in [6, 6.07) is 0. The van der Waals surface area contributed by atoms with Gasteiger partial charge in [0.15, 0.2) is 0 Å². The number of halogens is 3. The van der Waals surface area contributed by atoms with Crippen LogP contribution in [0, 0.1) is 5.41 Å². The molecule has 0 fully saturated rings. The van der Waals surface area contributed by atoms with Gasteiger partial charge in [-0.25, -0.2) is 0 Å². The molecule has 0 aromatic heterocycles. The topological polar surface area (TPSA) is 0 Å². The van der Waals surface area contributed by atoms with Crippen LogP contribution in [-0.4, -0.2) is 6.98 Å². The van der Waals surface area contributed by atoms with Crippen LogP contribution in [-0.2, 0) is 0 Å². The average molecular weight is 204 g/mol. The molecule has 0 heterocycles. The number of allylic oxidation sites excluding steroid dienone is 1. The molecule has 0 aliphatic heterocycles. The molecule has 0 rings (SSSR count). The van der Waals surface area contributed by atoms with E-state index in [-0.39, 0.29) is 63.2 Å². The van der Waals surface area contributed by atoms with Crippen LogP contribution in [0.15, 0.2) is 12.1 Å². The summed E-state index contributed by atoms with van der Waals surface area (Å²) in [6.07, 6.45) is 0.0243. The third kappa shape index (κ3) is 7.86. The molecule has 0 N–H and O–H groups in total. The summed E-state index contributed by atoms with van der Waals surface area (Å²) in [5.41, 5.74) is -0.911. The minimum Gasteiger partial charge on any atom is -0.445 e. The van der Waals surface area contributed by atoms with Crippen LogP contribution in [0.4, 0.5) is 12.9 Å². The molecule has 0 aromatic rings. The molecule has 0 saturated heterocycles. The molecule has 0 atom stereocenters. The predicted octanol–water partition coefficient (Wildman–Crippen LogP) is 0.369. The predicted molar refractivity (Wildman–Crippen MR) is 42.3 cm³/mol. The molecule has 0 nitrogen and oxygen atoms in total. The van der Waals surface area contributed by atoms with Crippen LogP contribution in [0.5, 0.6) is 0 Å². The Bertz CT molecular complexity index is 157. The molecule has 0 radical (unpaired) electrons. The summed E-state index contributed by atoms with van der Waals surface area (Å²) in [5.74, 6) is 0. The van der Waals surface area contributed by atoms with E-state index in [1.54, 1.807) is 20.8 Å². The smallest absolute Gasteiger partial charge is 0.445 e. The fourth-order valence-electron chi connectivity index (χ4n) is 0.797. The molecule has 0 amide bonds. The molecular weight excluding hydrogens is 191 g/mol. The Labute approximate surface area is 114 Å². The average Bonchev–Trinajstić information content (AvgIpc) is 1.56. The van der Waals surface area contributed by atoms with Gasteiger partial charge in [0.2, 0.25) is 0 Å². The molecule has 0 aliphatic rings. The van der Waals surface area contributed by atoms with Crippen LogP contribution in [0.2, 0.25) is 0 Å². The monoisotopic (exact) mass is 204 g/mol. The van der Waals surface area contributed by atoms with Gasteiger partial charge >= 0.3 is 58.4 Å². The van der Waals surface area contributed by atoms with Crippen molar-refractivity contribution in [3.63, 3.8) is 0 Å². The minimum absolute atomic E-state index is 0. The van der Waals surface area contributed by atoms with Gasteiger partial charge < -0.3 is 12.9 Å². The zero-order valence-electron chi connectivity index (χ0n) is 8.13. The maximum atomic E-state index is 11.9. The first-order valence-electron chi connectivity index (χ1n) is 3.50. The largest absolute Gasteiger partial charge is 1.00 e. The summed E-state index contributed by atoms with van der Waals surface area (Å²) in [4.78, 5) is 0. The molecule has 0 unspecified atom stereocenters. The fourth-order valence-corrected chi connectivity index (χ4v) is 0.797. The zero-order chi connectivity index (χ0) is 9.28. The fraction of sp³-hybridized carbons (Fsp3) is 0.714. The minimum atomic E-state index is -4.83. The van der Waals surface area contributed by atoms with Crippen molar-refractivity contribution in [1.29, 1.82) is 0 Å². The Morgan fingerprint density at radius 3 is 1.67 bits per heavy atom. The summed E-state index contributed by atoms with van der Waals surface area (Å²) < 4.78 is 35.8. The van der Waals surface area contributed by atoms with Gasteiger partial charge in [-0.2, -0.15) is 0 Å². The van der Waals surface area contributed by atoms with E-state index >= 15 is 0 Å². The van der Waals surface area contributed by atoms with Crippen molar-refractivity contribution >= 4 is 6.98 Å². The maximum Gasteiger partial charge on any atom is 1.00 e. The van der Waals surface area contributed by atoms with Crippen molar-refractivity contribution in [2.75, 3.05) is 0 Å². The molecular formula is C7H13BF3K. The van der Waals surface area contributed by atoms with Crippen LogP contribution in [0.1, 0.15) is 27.2 Å². The standard InChI is InChI=1S/C7H13BF3.K/c1-6(8(9,10)11)5-7(2,3)4;/h1,5H2,2-4H3;/q-1;+1. The molecule has 0 saturated carbocycles. The SMILES string of the molecule is C=C(CC(C)(C)C)[B-](F)(F)F.[K+]. The van der Waals surface area contributed by atoms with E-state index in [0.717, 1.165) is 0 Å². The Morgan fingerprint density at radius 2 is 1.58 bits per heavy atom. The van der Waals surface area contributed by atoms with E-state index in [0.29, 0.717) is 0 Å². The molecule has 5 heteroatoms. The summed E-state index contributed by atoms with van der Waals surface area (Å²) in [6.45, 7) is 3.48. The van der Waals surface area contributed by atoms with Gasteiger partial charge in [-0.3, -0.25) is 0 Å². The van der Waals surface area contributed by atoms with E-state index in [9.17, 15) is 12.9 Å². The van der Waals surface area contributed by atoms with Crippen LogP contribution in [0.25, 0.3) is 0 Å². The molecule has 0 spiro atoms. The number of rotatable bonds is 2. The van der Waals surface area contributed by atoms with Gasteiger partial charge in [-0.05, 0) is 5.41 Å². The third-order valence-corrected chi connectivity index (χ3v) is 1.22. The quantitative estimate of drug-likeness (QED) is 0.570. The van der Waals surface area contributed by atoms with Crippen LogP contribution in [0.3, 0.4) is 0 Å². The molecule has 0 bridgehead atoms. The molecule has 66 valence electrons. The molecule has 0 aromatic carbocycles. The Hall–Kier alpha value is 1.23. The molecule has 0 aliphatic carbocycles. The van der Waals surface area contributed by atoms with Crippen molar-refractivity contribution in [1.82, 2.24) is 0 Å². The number of hydrogen-bond acceptors (Lipinski definition) is 0. The molecule has 12 heavy (non-hydrogen) atoms. The van der Waals surface area contributed by atoms with Crippen molar-refractivity contribution < 1.29 is 64.3 Å². The second-order valence-corrected chi connectivity index (χ2v) is 3.97. The van der Waals surface area contributed by atoms with Crippen molar-refractivity contribution in [2.24, 2.45) is 5.41 Å². The second-order valence-electron chi connectivity index (χ2n) is 3.97. The van der Waals surface area contributed by atoms with Gasteiger partial charge in [-0.1, -0.05) is 27.2 Å². The van der Waals surface area contributed by atoms with E-state index in [4.69, 9.17) is 0 Å². The van der Waals surface area contributed by atoms with E-state index < -0.39 is 12.4 Å². The summed E-state index contributed by atoms with van der Waals surface area (Å²) in [5, 5.41) is 0. The second kappa shape index (κ2) is 5.20. The van der Waals surface area contributed by atoms with Gasteiger partial charge in [0.25, 0.3) is 0 Å². The summed E-state index contributed by atoms with van der Waals surface area (Å²) in [7, 11) is 0. The number of hydrogen-bond donors (Lipinski definition) is 0. The Balaban J connectivity index is 0. The first-order valence-corrected chi connectivity index (χ1v) is 3.50. The van der Waals surface area contributed by atoms with Crippen LogP contribution < -0.4 is 51.4 Å². The Morgan fingerprint density at radius 1 is 1.25 bits per heavy atom. The van der Waals surface area contributed by atoms with Gasteiger partial charge in [-0.15, -0.1) is 12.1 Å². The van der Waals surface area contributed by atoms with Crippen LogP contribution >= 0.6 is 0 Å². The van der Waals surface area contributed by atoms with Crippen molar-refractivity contribution in [2.45, 2.75) is 27.2 Å². The Kier molecular flexibility index (Phi) is 6.80. The van der Waals surface area contributed by atoms with E-state index in [1.165, 1.54) is 0 Å². The zero-order valence-corrected chi connectivity index (χ0v) is 11.2. The van der Waals surface area contributed by atoms with Gasteiger partial charge in [0.05, 0.1) is 0 Å². The summed E-state index contributed by atoms with van der Waals surface area (Å²) >= 11 is 0. The van der Waals surface area contributed by atoms with Gasteiger partial charge in [0, 0.05) is 0 Å². The normalized spacial score (nSPS) is 12.2.